The first-order chi connectivity index (χ1) is 16.1. The second kappa shape index (κ2) is 9.10. The van der Waals surface area contributed by atoms with Gasteiger partial charge in [0.05, 0.1) is 21.6 Å². The van der Waals surface area contributed by atoms with Crippen LogP contribution in [0.15, 0.2) is 89.4 Å². The molecule has 4 nitrogen and oxygen atoms in total. The van der Waals surface area contributed by atoms with Crippen LogP contribution in [0.2, 0.25) is 0 Å². The number of hydrogen-bond acceptors (Lipinski definition) is 4. The number of benzene rings is 2. The minimum absolute atomic E-state index is 0.107. The van der Waals surface area contributed by atoms with Crippen LogP contribution in [0.3, 0.4) is 0 Å². The SMILES string of the molecule is C=C[C@@]1(C)CC[C@@H](C(=C)C)[C@H](c2cn(S(=O)(=O)c3ccc(C)cc3)c3ccccc23)[C@H]1N=C=S. The predicted octanol–water partition coefficient (Wildman–Crippen LogP) is 6.92. The monoisotopic (exact) mass is 490 g/mol. The zero-order valence-electron chi connectivity index (χ0n) is 19.9. The highest BCUT2D eigenvalue weighted by Crippen LogP contribution is 2.52. The third-order valence-electron chi connectivity index (χ3n) is 7.38. The molecule has 6 heteroatoms. The summed E-state index contributed by atoms with van der Waals surface area (Å²) in [6, 6.07) is 14.4. The fraction of sp³-hybridized carbons (Fsp3) is 0.321. The smallest absolute Gasteiger partial charge is 0.241 e. The molecular weight excluding hydrogens is 460 g/mol. The second-order valence-electron chi connectivity index (χ2n) is 9.61. The normalized spacial score (nSPS) is 25.0. The van der Waals surface area contributed by atoms with Gasteiger partial charge in [-0.1, -0.05) is 61.0 Å². The molecule has 0 aliphatic heterocycles. The molecule has 0 unspecified atom stereocenters. The van der Waals surface area contributed by atoms with E-state index in [1.807, 2.05) is 56.3 Å². The van der Waals surface area contributed by atoms with Crippen LogP contribution in [-0.2, 0) is 10.0 Å². The number of aromatic nitrogens is 1. The fourth-order valence-corrected chi connectivity index (χ4v) is 6.83. The lowest BCUT2D eigenvalue weighted by atomic mass is 9.59. The molecule has 1 aliphatic carbocycles. The quantitative estimate of drug-likeness (QED) is 0.214. The van der Waals surface area contributed by atoms with Gasteiger partial charge in [0.15, 0.2) is 0 Å². The molecule has 34 heavy (non-hydrogen) atoms. The highest BCUT2D eigenvalue weighted by molar-refractivity contribution is 7.90. The number of isothiocyanates is 1. The largest absolute Gasteiger partial charge is 0.268 e. The molecule has 0 radical (unpaired) electrons. The average Bonchev–Trinajstić information content (AvgIpc) is 3.21. The molecule has 1 aromatic heterocycles. The Kier molecular flexibility index (Phi) is 6.52. The van der Waals surface area contributed by atoms with Gasteiger partial charge in [-0.2, -0.15) is 0 Å². The summed E-state index contributed by atoms with van der Waals surface area (Å²) in [5, 5.41) is 3.50. The summed E-state index contributed by atoms with van der Waals surface area (Å²) in [5.41, 5.74) is 3.36. The molecule has 0 spiro atoms. The molecule has 0 bridgehead atoms. The second-order valence-corrected chi connectivity index (χ2v) is 11.6. The number of thiocarbonyl (C=S) groups is 1. The lowest BCUT2D eigenvalue weighted by molar-refractivity contribution is 0.174. The van der Waals surface area contributed by atoms with Gasteiger partial charge in [0.2, 0.25) is 0 Å². The minimum Gasteiger partial charge on any atom is -0.241 e. The number of fused-ring (bicyclic) bond motifs is 1. The van der Waals surface area contributed by atoms with Crippen LogP contribution in [0.25, 0.3) is 10.9 Å². The zero-order valence-corrected chi connectivity index (χ0v) is 21.5. The fourth-order valence-electron chi connectivity index (χ4n) is 5.33. The van der Waals surface area contributed by atoms with Crippen LogP contribution in [-0.4, -0.2) is 23.6 Å². The van der Waals surface area contributed by atoms with E-state index in [0.717, 1.165) is 34.9 Å². The lowest BCUT2D eigenvalue weighted by Crippen LogP contribution is -2.42. The third-order valence-corrected chi connectivity index (χ3v) is 9.17. The number of para-hydroxylation sites is 1. The van der Waals surface area contributed by atoms with Crippen molar-refractivity contribution in [3.05, 3.63) is 90.7 Å². The van der Waals surface area contributed by atoms with Crippen molar-refractivity contribution >= 4 is 38.3 Å². The van der Waals surface area contributed by atoms with Gasteiger partial charge in [0, 0.05) is 22.9 Å². The maximum absolute atomic E-state index is 13.7. The van der Waals surface area contributed by atoms with Gasteiger partial charge in [-0.15, -0.1) is 6.58 Å². The Morgan fingerprint density at radius 1 is 1.24 bits per heavy atom. The van der Waals surface area contributed by atoms with Crippen molar-refractivity contribution < 1.29 is 8.42 Å². The molecule has 4 rings (SSSR count). The maximum atomic E-state index is 13.7. The van der Waals surface area contributed by atoms with E-state index in [2.05, 4.69) is 30.2 Å². The number of aryl methyl sites for hydroxylation is 1. The third kappa shape index (κ3) is 4.00. The molecule has 0 N–H and O–H groups in total. The Labute approximate surface area is 207 Å². The maximum Gasteiger partial charge on any atom is 0.268 e. The number of nitrogens with zero attached hydrogens (tertiary/aromatic N) is 2. The summed E-state index contributed by atoms with van der Waals surface area (Å²) in [7, 11) is -3.79. The summed E-state index contributed by atoms with van der Waals surface area (Å²) in [5.74, 6) is 0.0236. The molecule has 1 aliphatic rings. The molecule has 4 atom stereocenters. The van der Waals surface area contributed by atoms with E-state index in [9.17, 15) is 8.42 Å². The van der Waals surface area contributed by atoms with Crippen LogP contribution in [0.1, 0.15) is 43.7 Å². The molecule has 3 aromatic rings. The van der Waals surface area contributed by atoms with Gasteiger partial charge in [-0.05, 0) is 68.6 Å². The molecule has 0 amide bonds. The predicted molar refractivity (Wildman–Crippen MR) is 143 cm³/mol. The van der Waals surface area contributed by atoms with E-state index < -0.39 is 10.0 Å². The molecule has 1 saturated carbocycles. The van der Waals surface area contributed by atoms with E-state index in [-0.39, 0.29) is 28.2 Å². The van der Waals surface area contributed by atoms with Crippen molar-refractivity contribution in [2.75, 3.05) is 0 Å². The van der Waals surface area contributed by atoms with Gasteiger partial charge >= 0.3 is 0 Å². The summed E-state index contributed by atoms with van der Waals surface area (Å²) < 4.78 is 28.9. The topological polar surface area (TPSA) is 51.4 Å². The summed E-state index contributed by atoms with van der Waals surface area (Å²) in [6.07, 6.45) is 5.55. The van der Waals surface area contributed by atoms with Crippen LogP contribution in [0, 0.1) is 18.3 Å². The van der Waals surface area contributed by atoms with Gasteiger partial charge in [0.25, 0.3) is 10.0 Å². The van der Waals surface area contributed by atoms with E-state index in [0.29, 0.717) is 5.52 Å². The molecule has 1 heterocycles. The highest BCUT2D eigenvalue weighted by atomic mass is 32.2. The minimum atomic E-state index is -3.79. The molecule has 176 valence electrons. The van der Waals surface area contributed by atoms with E-state index in [1.165, 1.54) is 3.97 Å². The first kappa shape index (κ1) is 24.3. The summed E-state index contributed by atoms with van der Waals surface area (Å²) >= 11 is 5.05. The molecule has 1 fully saturated rings. The van der Waals surface area contributed by atoms with Crippen molar-refractivity contribution in [2.24, 2.45) is 16.3 Å². The van der Waals surface area contributed by atoms with Crippen LogP contribution in [0.4, 0.5) is 0 Å². The number of aliphatic imine (C=N–C) groups is 1. The average molecular weight is 491 g/mol. The standard InChI is InChI=1S/C28H30N2O2S2/c1-6-28(5)16-15-22(19(2)3)26(27(28)29-18-33)24-17-30(25-10-8-7-9-23(24)25)34(31,32)21-13-11-20(4)12-14-21/h6-14,17,22,26-27H,1-2,15-16H2,3-5H3/t22-,26+,27+,28-/m0/s1. The van der Waals surface area contributed by atoms with E-state index >= 15 is 0 Å². The van der Waals surface area contributed by atoms with Crippen molar-refractivity contribution in [3.8, 4) is 0 Å². The van der Waals surface area contributed by atoms with Crippen LogP contribution in [0.5, 0.6) is 0 Å². The van der Waals surface area contributed by atoms with Crippen LogP contribution >= 0.6 is 12.2 Å². The number of rotatable bonds is 6. The zero-order chi connectivity index (χ0) is 24.7. The lowest BCUT2D eigenvalue weighted by Gasteiger charge is -2.46. The van der Waals surface area contributed by atoms with Crippen molar-refractivity contribution in [2.45, 2.75) is 50.5 Å². The van der Waals surface area contributed by atoms with Gasteiger partial charge < -0.3 is 0 Å². The Morgan fingerprint density at radius 3 is 2.53 bits per heavy atom. The Hall–Kier alpha value is -2.79. The van der Waals surface area contributed by atoms with Gasteiger partial charge in [0.1, 0.15) is 0 Å². The van der Waals surface area contributed by atoms with Crippen molar-refractivity contribution in [1.82, 2.24) is 3.97 Å². The van der Waals surface area contributed by atoms with Crippen molar-refractivity contribution in [3.63, 3.8) is 0 Å². The first-order valence-electron chi connectivity index (χ1n) is 11.4. The van der Waals surface area contributed by atoms with E-state index in [4.69, 9.17) is 12.2 Å². The summed E-state index contributed by atoms with van der Waals surface area (Å²) in [4.78, 5) is 4.90. The van der Waals surface area contributed by atoms with Crippen molar-refractivity contribution in [1.29, 1.82) is 0 Å². The highest BCUT2D eigenvalue weighted by Gasteiger charge is 2.47. The van der Waals surface area contributed by atoms with E-state index in [1.54, 1.807) is 18.3 Å². The van der Waals surface area contributed by atoms with Gasteiger partial charge in [-0.3, -0.25) is 0 Å². The number of hydrogen-bond donors (Lipinski definition) is 0. The van der Waals surface area contributed by atoms with Crippen LogP contribution < -0.4 is 0 Å². The molecular formula is C28H30N2O2S2. The Balaban J connectivity index is 2.00. The Bertz CT molecular complexity index is 1410. The molecule has 0 saturated heterocycles. The Morgan fingerprint density at radius 2 is 1.91 bits per heavy atom. The number of allylic oxidation sites excluding steroid dienone is 1. The van der Waals surface area contributed by atoms with Gasteiger partial charge in [-0.25, -0.2) is 17.4 Å². The summed E-state index contributed by atoms with van der Waals surface area (Å²) in [6.45, 7) is 14.5. The molecule has 2 aromatic carbocycles. The first-order valence-corrected chi connectivity index (χ1v) is 13.3.